The number of hydrogen-bond acceptors (Lipinski definition) is 5. The highest BCUT2D eigenvalue weighted by atomic mass is 16.2. The van der Waals surface area contributed by atoms with E-state index in [1.807, 2.05) is 61.5 Å². The number of anilines is 2. The van der Waals surface area contributed by atoms with Crippen LogP contribution in [-0.4, -0.2) is 35.9 Å². The smallest absolute Gasteiger partial charge is 0.257 e. The Labute approximate surface area is 163 Å². The van der Waals surface area contributed by atoms with E-state index in [4.69, 9.17) is 0 Å². The van der Waals surface area contributed by atoms with Gasteiger partial charge in [0.2, 0.25) is 0 Å². The maximum Gasteiger partial charge on any atom is 0.257 e. The van der Waals surface area contributed by atoms with Gasteiger partial charge in [0.15, 0.2) is 0 Å². The van der Waals surface area contributed by atoms with E-state index in [0.717, 1.165) is 11.4 Å². The molecule has 7 heteroatoms. The zero-order valence-corrected chi connectivity index (χ0v) is 15.7. The summed E-state index contributed by atoms with van der Waals surface area (Å²) in [6.45, 7) is 0.300. The monoisotopic (exact) mass is 375 g/mol. The largest absolute Gasteiger partial charge is 0.378 e. The molecule has 28 heavy (non-hydrogen) atoms. The van der Waals surface area contributed by atoms with E-state index in [1.54, 1.807) is 6.20 Å². The normalized spacial score (nSPS) is 10.2. The Bertz CT molecular complexity index is 956. The van der Waals surface area contributed by atoms with Crippen molar-refractivity contribution in [2.45, 2.75) is 6.54 Å². The molecule has 0 atom stereocenters. The molecule has 3 rings (SSSR count). The van der Waals surface area contributed by atoms with Crippen molar-refractivity contribution in [3.8, 4) is 0 Å². The molecule has 0 spiro atoms. The minimum absolute atomic E-state index is 0.300. The number of rotatable bonds is 6. The molecule has 0 aliphatic heterocycles. The van der Waals surface area contributed by atoms with Gasteiger partial charge in [-0.25, -0.2) is 0 Å². The molecule has 0 radical (unpaired) electrons. The van der Waals surface area contributed by atoms with Gasteiger partial charge in [-0.1, -0.05) is 6.07 Å². The van der Waals surface area contributed by atoms with Crippen LogP contribution in [0.3, 0.4) is 0 Å². The van der Waals surface area contributed by atoms with Gasteiger partial charge >= 0.3 is 0 Å². The first-order valence-corrected chi connectivity index (χ1v) is 8.75. The first-order valence-electron chi connectivity index (χ1n) is 8.75. The van der Waals surface area contributed by atoms with E-state index < -0.39 is 0 Å². The quantitative estimate of drug-likeness (QED) is 0.692. The maximum absolute atomic E-state index is 12.5. The Morgan fingerprint density at radius 2 is 1.68 bits per heavy atom. The Hall–Kier alpha value is -3.74. The van der Waals surface area contributed by atoms with E-state index in [2.05, 4.69) is 20.6 Å². The molecule has 0 unspecified atom stereocenters. The number of nitrogens with zero attached hydrogens (tertiary/aromatic N) is 3. The van der Waals surface area contributed by atoms with E-state index in [1.165, 1.54) is 18.5 Å². The van der Waals surface area contributed by atoms with Gasteiger partial charge in [0, 0.05) is 44.1 Å². The van der Waals surface area contributed by atoms with Crippen LogP contribution < -0.4 is 15.5 Å². The van der Waals surface area contributed by atoms with Crippen molar-refractivity contribution in [3.63, 3.8) is 0 Å². The van der Waals surface area contributed by atoms with Crippen molar-refractivity contribution in [2.24, 2.45) is 0 Å². The number of carbonyl (C=O) groups is 2. The van der Waals surface area contributed by atoms with Gasteiger partial charge in [0.1, 0.15) is 0 Å². The molecule has 0 saturated heterocycles. The van der Waals surface area contributed by atoms with Gasteiger partial charge in [-0.05, 0) is 42.5 Å². The lowest BCUT2D eigenvalue weighted by Gasteiger charge is -2.13. The number of pyridine rings is 2. The number of carbonyl (C=O) groups excluding carboxylic acids is 2. The molecule has 7 nitrogen and oxygen atoms in total. The predicted octanol–water partition coefficient (Wildman–Crippen LogP) is 2.72. The molecule has 0 bridgehead atoms. The number of benzene rings is 1. The van der Waals surface area contributed by atoms with Crippen LogP contribution in [-0.2, 0) is 6.54 Å². The standard InChI is InChI=1S/C21H21N5O2/c1-26(2)19-8-6-17(7-9-19)25-21(28)16-11-15(12-22-13-16)20(27)24-14-18-5-3-4-10-23-18/h3-13H,14H2,1-2H3,(H,24,27)(H,25,28). The third-order valence-electron chi connectivity index (χ3n) is 4.06. The maximum atomic E-state index is 12.5. The highest BCUT2D eigenvalue weighted by Gasteiger charge is 2.12. The lowest BCUT2D eigenvalue weighted by molar-refractivity contribution is 0.0950. The lowest BCUT2D eigenvalue weighted by Crippen LogP contribution is -2.24. The minimum atomic E-state index is -0.329. The summed E-state index contributed by atoms with van der Waals surface area (Å²) in [7, 11) is 3.90. The lowest BCUT2D eigenvalue weighted by atomic mass is 10.1. The Morgan fingerprint density at radius 1 is 0.964 bits per heavy atom. The fourth-order valence-electron chi connectivity index (χ4n) is 2.51. The molecule has 0 aliphatic carbocycles. The number of aromatic nitrogens is 2. The van der Waals surface area contributed by atoms with Crippen LogP contribution in [0.5, 0.6) is 0 Å². The average molecular weight is 375 g/mol. The molecule has 0 saturated carbocycles. The molecule has 1 aromatic carbocycles. The Kier molecular flexibility index (Phi) is 5.96. The molecular weight excluding hydrogens is 354 g/mol. The molecule has 2 heterocycles. The van der Waals surface area contributed by atoms with Crippen molar-refractivity contribution >= 4 is 23.2 Å². The second-order valence-electron chi connectivity index (χ2n) is 6.36. The molecule has 2 N–H and O–H groups in total. The number of hydrogen-bond donors (Lipinski definition) is 2. The van der Waals surface area contributed by atoms with Gasteiger partial charge in [0.05, 0.1) is 23.4 Å². The van der Waals surface area contributed by atoms with Crippen LogP contribution in [0.15, 0.2) is 67.1 Å². The van der Waals surface area contributed by atoms with E-state index in [0.29, 0.717) is 23.4 Å². The number of nitrogens with one attached hydrogen (secondary N) is 2. The van der Waals surface area contributed by atoms with Crippen LogP contribution >= 0.6 is 0 Å². The SMILES string of the molecule is CN(C)c1ccc(NC(=O)c2cncc(C(=O)NCc3ccccn3)c2)cc1. The highest BCUT2D eigenvalue weighted by Crippen LogP contribution is 2.16. The summed E-state index contributed by atoms with van der Waals surface area (Å²) in [5, 5.41) is 5.58. The van der Waals surface area contributed by atoms with Crippen LogP contribution in [0.2, 0.25) is 0 Å². The van der Waals surface area contributed by atoms with Crippen molar-refractivity contribution in [1.82, 2.24) is 15.3 Å². The molecule has 2 aromatic heterocycles. The van der Waals surface area contributed by atoms with Crippen molar-refractivity contribution < 1.29 is 9.59 Å². The van der Waals surface area contributed by atoms with Crippen LogP contribution in [0, 0.1) is 0 Å². The van der Waals surface area contributed by atoms with E-state index in [-0.39, 0.29) is 11.8 Å². The van der Waals surface area contributed by atoms with Crippen molar-refractivity contribution in [3.05, 3.63) is 83.9 Å². The zero-order chi connectivity index (χ0) is 19.9. The summed E-state index contributed by atoms with van der Waals surface area (Å²) in [5.74, 6) is -0.646. The van der Waals surface area contributed by atoms with Gasteiger partial charge in [-0.15, -0.1) is 0 Å². The topological polar surface area (TPSA) is 87.2 Å². The van der Waals surface area contributed by atoms with Crippen molar-refractivity contribution in [2.75, 3.05) is 24.3 Å². The number of amides is 2. The first kappa shape index (κ1) is 19.0. The summed E-state index contributed by atoms with van der Waals surface area (Å²) in [5.41, 5.74) is 3.07. The summed E-state index contributed by atoms with van der Waals surface area (Å²) in [4.78, 5) is 35.0. The zero-order valence-electron chi connectivity index (χ0n) is 15.7. The van der Waals surface area contributed by atoms with Crippen LogP contribution in [0.4, 0.5) is 11.4 Å². The minimum Gasteiger partial charge on any atom is -0.378 e. The molecule has 142 valence electrons. The van der Waals surface area contributed by atoms with Gasteiger partial charge in [-0.2, -0.15) is 0 Å². The molecule has 3 aromatic rings. The summed E-state index contributed by atoms with van der Waals surface area (Å²) in [6, 6.07) is 14.5. The molecule has 2 amide bonds. The first-order chi connectivity index (χ1) is 13.5. The molecule has 0 fully saturated rings. The fourth-order valence-corrected chi connectivity index (χ4v) is 2.51. The molecule has 0 aliphatic rings. The van der Waals surface area contributed by atoms with Gasteiger partial charge in [-0.3, -0.25) is 19.6 Å². The molecular formula is C21H21N5O2. The second kappa shape index (κ2) is 8.77. The second-order valence-corrected chi connectivity index (χ2v) is 6.36. The van der Waals surface area contributed by atoms with Gasteiger partial charge < -0.3 is 15.5 Å². The third kappa shape index (κ3) is 4.91. The summed E-state index contributed by atoms with van der Waals surface area (Å²) in [6.07, 6.45) is 4.52. The average Bonchev–Trinajstić information content (AvgIpc) is 2.73. The van der Waals surface area contributed by atoms with Crippen LogP contribution in [0.1, 0.15) is 26.4 Å². The van der Waals surface area contributed by atoms with Crippen molar-refractivity contribution in [1.29, 1.82) is 0 Å². The van der Waals surface area contributed by atoms with E-state index >= 15 is 0 Å². The van der Waals surface area contributed by atoms with Crippen LogP contribution in [0.25, 0.3) is 0 Å². The predicted molar refractivity (Wildman–Crippen MR) is 108 cm³/mol. The Balaban J connectivity index is 1.64. The summed E-state index contributed by atoms with van der Waals surface area (Å²) < 4.78 is 0. The van der Waals surface area contributed by atoms with E-state index in [9.17, 15) is 9.59 Å². The van der Waals surface area contributed by atoms with Gasteiger partial charge in [0.25, 0.3) is 11.8 Å². The third-order valence-corrected chi connectivity index (χ3v) is 4.06. The highest BCUT2D eigenvalue weighted by molar-refractivity contribution is 6.05. The summed E-state index contributed by atoms with van der Waals surface area (Å²) >= 11 is 0. The fraction of sp³-hybridized carbons (Fsp3) is 0.143. The Morgan fingerprint density at radius 3 is 2.32 bits per heavy atom.